The molecule has 25 heavy (non-hydrogen) atoms. The zero-order valence-corrected chi connectivity index (χ0v) is 13.8. The van der Waals surface area contributed by atoms with Gasteiger partial charge in [-0.15, -0.1) is 0 Å². The predicted octanol–water partition coefficient (Wildman–Crippen LogP) is 1.90. The SMILES string of the molecule is CCc1nc(COc2ccc(C(=O)N3CCC[C@@H]3C(=O)O)cc2)no1. The normalized spacial score (nSPS) is 16.8. The molecular weight excluding hydrogens is 326 g/mol. The molecule has 0 unspecified atom stereocenters. The van der Waals surface area contributed by atoms with Gasteiger partial charge in [-0.1, -0.05) is 12.1 Å². The summed E-state index contributed by atoms with van der Waals surface area (Å²) < 4.78 is 10.6. The molecule has 8 nitrogen and oxygen atoms in total. The maximum atomic E-state index is 12.5. The van der Waals surface area contributed by atoms with Gasteiger partial charge in [-0.2, -0.15) is 4.98 Å². The number of aliphatic carboxylic acids is 1. The maximum absolute atomic E-state index is 12.5. The first-order valence-corrected chi connectivity index (χ1v) is 8.16. The van der Waals surface area contributed by atoms with Gasteiger partial charge in [0.15, 0.2) is 6.61 Å². The van der Waals surface area contributed by atoms with E-state index in [-0.39, 0.29) is 12.5 Å². The molecule has 1 amide bonds. The fourth-order valence-corrected chi connectivity index (χ4v) is 2.77. The topological polar surface area (TPSA) is 106 Å². The molecule has 1 saturated heterocycles. The molecule has 0 spiro atoms. The highest BCUT2D eigenvalue weighted by Gasteiger charge is 2.34. The third-order valence-corrected chi connectivity index (χ3v) is 4.08. The van der Waals surface area contributed by atoms with Gasteiger partial charge in [0.2, 0.25) is 11.7 Å². The fraction of sp³-hybridized carbons (Fsp3) is 0.412. The highest BCUT2D eigenvalue weighted by atomic mass is 16.5. The summed E-state index contributed by atoms with van der Waals surface area (Å²) >= 11 is 0. The number of likely N-dealkylation sites (tertiary alicyclic amines) is 1. The summed E-state index contributed by atoms with van der Waals surface area (Å²) in [6.07, 6.45) is 1.86. The number of amides is 1. The third kappa shape index (κ3) is 3.78. The number of aromatic nitrogens is 2. The van der Waals surface area contributed by atoms with Gasteiger partial charge < -0.3 is 19.3 Å². The van der Waals surface area contributed by atoms with Crippen molar-refractivity contribution in [2.24, 2.45) is 0 Å². The van der Waals surface area contributed by atoms with E-state index in [1.54, 1.807) is 24.3 Å². The van der Waals surface area contributed by atoms with Gasteiger partial charge in [-0.05, 0) is 37.1 Å². The van der Waals surface area contributed by atoms with E-state index in [1.165, 1.54) is 4.90 Å². The van der Waals surface area contributed by atoms with Gasteiger partial charge in [0, 0.05) is 18.5 Å². The van der Waals surface area contributed by atoms with Crippen molar-refractivity contribution in [1.82, 2.24) is 15.0 Å². The lowest BCUT2D eigenvalue weighted by Gasteiger charge is -2.21. The molecular formula is C17H19N3O5. The molecule has 1 aliphatic heterocycles. The van der Waals surface area contributed by atoms with Crippen molar-refractivity contribution in [2.75, 3.05) is 6.54 Å². The van der Waals surface area contributed by atoms with Crippen LogP contribution in [0, 0.1) is 0 Å². The van der Waals surface area contributed by atoms with Crippen LogP contribution in [0.4, 0.5) is 0 Å². The van der Waals surface area contributed by atoms with Crippen LogP contribution in [0.3, 0.4) is 0 Å². The number of benzene rings is 1. The summed E-state index contributed by atoms with van der Waals surface area (Å²) in [4.78, 5) is 29.2. The van der Waals surface area contributed by atoms with Crippen molar-refractivity contribution >= 4 is 11.9 Å². The van der Waals surface area contributed by atoms with Crippen LogP contribution in [-0.4, -0.2) is 44.6 Å². The number of rotatable bonds is 6. The summed E-state index contributed by atoms with van der Waals surface area (Å²) in [7, 11) is 0. The van der Waals surface area contributed by atoms with Crippen LogP contribution >= 0.6 is 0 Å². The lowest BCUT2D eigenvalue weighted by atomic mass is 10.1. The molecule has 2 aromatic rings. The Balaban J connectivity index is 1.61. The van der Waals surface area contributed by atoms with Gasteiger partial charge in [-0.25, -0.2) is 4.79 Å². The van der Waals surface area contributed by atoms with E-state index in [2.05, 4.69) is 10.1 Å². The molecule has 1 fully saturated rings. The standard InChI is InChI=1S/C17H19N3O5/c1-2-15-18-14(19-25-15)10-24-12-7-5-11(6-8-12)16(21)20-9-3-4-13(20)17(22)23/h5-8,13H,2-4,9-10H2,1H3,(H,22,23)/t13-/m1/s1. The first-order chi connectivity index (χ1) is 12.1. The number of ether oxygens (including phenoxy) is 1. The Labute approximate surface area is 144 Å². The molecule has 132 valence electrons. The van der Waals surface area contributed by atoms with Crippen molar-refractivity contribution < 1.29 is 24.0 Å². The fourth-order valence-electron chi connectivity index (χ4n) is 2.77. The Kier molecular flexibility index (Phi) is 4.97. The summed E-state index contributed by atoms with van der Waals surface area (Å²) in [5.74, 6) is 0.340. The minimum Gasteiger partial charge on any atom is -0.485 e. The molecule has 1 aliphatic rings. The van der Waals surface area contributed by atoms with E-state index >= 15 is 0 Å². The lowest BCUT2D eigenvalue weighted by molar-refractivity contribution is -0.141. The number of carbonyl (C=O) groups excluding carboxylic acids is 1. The van der Waals surface area contributed by atoms with Crippen molar-refractivity contribution in [2.45, 2.75) is 38.8 Å². The second-order valence-electron chi connectivity index (χ2n) is 5.77. The minimum atomic E-state index is -0.961. The van der Waals surface area contributed by atoms with E-state index in [9.17, 15) is 14.7 Å². The zero-order chi connectivity index (χ0) is 17.8. The van der Waals surface area contributed by atoms with E-state index in [1.807, 2.05) is 6.92 Å². The molecule has 1 aromatic heterocycles. The van der Waals surface area contributed by atoms with E-state index in [0.717, 1.165) is 0 Å². The summed E-state index contributed by atoms with van der Waals surface area (Å²) in [5.41, 5.74) is 0.438. The average Bonchev–Trinajstić information content (AvgIpc) is 3.29. The van der Waals surface area contributed by atoms with Crippen LogP contribution in [0.25, 0.3) is 0 Å². The van der Waals surface area contributed by atoms with Crippen LogP contribution in [0.15, 0.2) is 28.8 Å². The Morgan fingerprint density at radius 3 is 2.76 bits per heavy atom. The third-order valence-electron chi connectivity index (χ3n) is 4.08. The van der Waals surface area contributed by atoms with Crippen LogP contribution < -0.4 is 4.74 Å². The molecule has 2 heterocycles. The van der Waals surface area contributed by atoms with Crippen LogP contribution in [0.1, 0.15) is 41.8 Å². The molecule has 0 bridgehead atoms. The van der Waals surface area contributed by atoms with Crippen molar-refractivity contribution in [3.63, 3.8) is 0 Å². The summed E-state index contributed by atoms with van der Waals surface area (Å²) in [5, 5.41) is 13.0. The lowest BCUT2D eigenvalue weighted by Crippen LogP contribution is -2.40. The number of aryl methyl sites for hydroxylation is 1. The minimum absolute atomic E-state index is 0.171. The molecule has 0 radical (unpaired) electrons. The Morgan fingerprint density at radius 2 is 2.12 bits per heavy atom. The van der Waals surface area contributed by atoms with Crippen LogP contribution in [0.2, 0.25) is 0 Å². The zero-order valence-electron chi connectivity index (χ0n) is 13.8. The largest absolute Gasteiger partial charge is 0.485 e. The molecule has 1 aromatic carbocycles. The highest BCUT2D eigenvalue weighted by molar-refractivity contribution is 5.97. The Hall–Kier alpha value is -2.90. The number of nitrogens with zero attached hydrogens (tertiary/aromatic N) is 3. The van der Waals surface area contributed by atoms with Gasteiger partial charge in [0.25, 0.3) is 5.91 Å². The molecule has 3 rings (SSSR count). The number of hydrogen-bond acceptors (Lipinski definition) is 6. The van der Waals surface area contributed by atoms with E-state index in [0.29, 0.717) is 48.8 Å². The number of carboxylic acid groups (broad SMARTS) is 1. The monoisotopic (exact) mass is 345 g/mol. The quantitative estimate of drug-likeness (QED) is 0.852. The summed E-state index contributed by atoms with van der Waals surface area (Å²) in [6.45, 7) is 2.55. The van der Waals surface area contributed by atoms with Crippen molar-refractivity contribution in [3.8, 4) is 5.75 Å². The average molecular weight is 345 g/mol. The molecule has 0 saturated carbocycles. The van der Waals surface area contributed by atoms with Gasteiger partial charge in [0.1, 0.15) is 11.8 Å². The molecule has 0 aliphatic carbocycles. The van der Waals surface area contributed by atoms with Crippen molar-refractivity contribution in [3.05, 3.63) is 41.5 Å². The molecule has 1 N–H and O–H groups in total. The maximum Gasteiger partial charge on any atom is 0.326 e. The van der Waals surface area contributed by atoms with E-state index < -0.39 is 12.0 Å². The molecule has 8 heteroatoms. The predicted molar refractivity (Wildman–Crippen MR) is 86.1 cm³/mol. The van der Waals surface area contributed by atoms with E-state index in [4.69, 9.17) is 9.26 Å². The summed E-state index contributed by atoms with van der Waals surface area (Å²) in [6, 6.07) is 5.85. The second kappa shape index (κ2) is 7.33. The molecule has 1 atom stereocenters. The van der Waals surface area contributed by atoms with Crippen LogP contribution in [0.5, 0.6) is 5.75 Å². The highest BCUT2D eigenvalue weighted by Crippen LogP contribution is 2.22. The Bertz CT molecular complexity index is 756. The van der Waals surface area contributed by atoms with Gasteiger partial charge in [0.05, 0.1) is 0 Å². The number of carbonyl (C=O) groups is 2. The first kappa shape index (κ1) is 16.9. The smallest absolute Gasteiger partial charge is 0.326 e. The van der Waals surface area contributed by atoms with Gasteiger partial charge >= 0.3 is 5.97 Å². The van der Waals surface area contributed by atoms with Crippen molar-refractivity contribution in [1.29, 1.82) is 0 Å². The van der Waals surface area contributed by atoms with Crippen LogP contribution in [-0.2, 0) is 17.8 Å². The number of hydrogen-bond donors (Lipinski definition) is 1. The Morgan fingerprint density at radius 1 is 1.36 bits per heavy atom. The van der Waals surface area contributed by atoms with Gasteiger partial charge in [-0.3, -0.25) is 4.79 Å². The number of carboxylic acids is 1. The second-order valence-corrected chi connectivity index (χ2v) is 5.77. The first-order valence-electron chi connectivity index (χ1n) is 8.16.